The summed E-state index contributed by atoms with van der Waals surface area (Å²) in [5, 5.41) is 0.812. The van der Waals surface area contributed by atoms with Gasteiger partial charge in [-0.25, -0.2) is 0 Å². The van der Waals surface area contributed by atoms with Crippen LogP contribution in [0.25, 0.3) is 5.57 Å². The molecule has 0 aliphatic carbocycles. The molecule has 0 saturated heterocycles. The maximum Gasteiger partial charge on any atom is 0.0817 e. The fraction of sp³-hybridized carbons (Fsp3) is 0.417. The van der Waals surface area contributed by atoms with E-state index in [1.54, 1.807) is 0 Å². The van der Waals surface area contributed by atoms with Gasteiger partial charge in [0, 0.05) is 21.2 Å². The Morgan fingerprint density at radius 1 is 0.929 bits per heavy atom. The molecule has 0 spiro atoms. The molecule has 0 N–H and O–H groups in total. The third kappa shape index (κ3) is 6.13. The van der Waals surface area contributed by atoms with Crippen molar-refractivity contribution in [2.45, 2.75) is 48.8 Å². The number of rotatable bonds is 8. The Balaban J connectivity index is 0.00000280. The molecule has 0 unspecified atom stereocenters. The highest BCUT2D eigenvalue weighted by Crippen LogP contribution is 2.46. The van der Waals surface area contributed by atoms with Gasteiger partial charge in [0.15, 0.2) is 0 Å². The molecule has 0 amide bonds. The number of nitrogens with zero attached hydrogens (tertiary/aromatic N) is 1. The van der Waals surface area contributed by atoms with Gasteiger partial charge >= 0.3 is 0 Å². The lowest BCUT2D eigenvalue weighted by Gasteiger charge is -2.30. The number of halogens is 2. The Morgan fingerprint density at radius 3 is 2.46 bits per heavy atom. The van der Waals surface area contributed by atoms with Gasteiger partial charge in [-0.1, -0.05) is 67.4 Å². The zero-order chi connectivity index (χ0) is 19.3. The predicted octanol–water partition coefficient (Wildman–Crippen LogP) is 4.29. The molecule has 3 rings (SSSR count). The molecule has 2 aromatic rings. The van der Waals surface area contributed by atoms with Crippen molar-refractivity contribution in [1.82, 2.24) is 0 Å². The van der Waals surface area contributed by atoms with Crippen LogP contribution < -0.4 is 17.0 Å². The second-order valence-electron chi connectivity index (χ2n) is 8.09. The van der Waals surface area contributed by atoms with E-state index in [4.69, 9.17) is 11.6 Å². The molecular formula is C24H31BrClNS. The Labute approximate surface area is 190 Å². The van der Waals surface area contributed by atoms with Crippen molar-refractivity contribution >= 4 is 28.9 Å². The number of quaternary nitrogens is 1. The molecule has 0 bridgehead atoms. The minimum absolute atomic E-state index is 0. The number of hydrogen-bond donors (Lipinski definition) is 0. The zero-order valence-electron chi connectivity index (χ0n) is 17.2. The van der Waals surface area contributed by atoms with Crippen LogP contribution in [0.3, 0.4) is 0 Å². The maximum absolute atomic E-state index is 6.32. The summed E-state index contributed by atoms with van der Waals surface area (Å²) in [5.74, 6) is 0. The monoisotopic (exact) mass is 479 g/mol. The van der Waals surface area contributed by atoms with Gasteiger partial charge in [-0.05, 0) is 53.8 Å². The summed E-state index contributed by atoms with van der Waals surface area (Å²) in [6, 6.07) is 15.0. The summed E-state index contributed by atoms with van der Waals surface area (Å²) in [4.78, 5) is 2.64. The summed E-state index contributed by atoms with van der Waals surface area (Å²) in [6.07, 6.45) is 8.86. The number of hydrogen-bond acceptors (Lipinski definition) is 1. The highest BCUT2D eigenvalue weighted by Gasteiger charge is 2.21. The summed E-state index contributed by atoms with van der Waals surface area (Å²) in [5.41, 5.74) is 3.96. The first kappa shape index (κ1) is 23.5. The second-order valence-corrected chi connectivity index (χ2v) is 9.61. The Hall–Kier alpha value is -0.740. The topological polar surface area (TPSA) is 0 Å². The maximum atomic E-state index is 6.32. The molecule has 0 saturated carbocycles. The molecule has 152 valence electrons. The van der Waals surface area contributed by atoms with E-state index in [9.17, 15) is 0 Å². The predicted molar refractivity (Wildman–Crippen MR) is 120 cm³/mol. The van der Waals surface area contributed by atoms with Gasteiger partial charge in [-0.3, -0.25) is 0 Å². The zero-order valence-corrected chi connectivity index (χ0v) is 20.3. The fourth-order valence-electron chi connectivity index (χ4n) is 3.70. The summed E-state index contributed by atoms with van der Waals surface area (Å²) in [7, 11) is 4.72. The van der Waals surface area contributed by atoms with E-state index in [1.165, 1.54) is 65.3 Å². The largest absolute Gasteiger partial charge is 1.00 e. The van der Waals surface area contributed by atoms with E-state index in [0.29, 0.717) is 0 Å². The highest BCUT2D eigenvalue weighted by molar-refractivity contribution is 7.99. The van der Waals surface area contributed by atoms with Crippen LogP contribution in [-0.2, 0) is 0 Å². The lowest BCUT2D eigenvalue weighted by atomic mass is 9.96. The van der Waals surface area contributed by atoms with Gasteiger partial charge in [0.2, 0.25) is 0 Å². The molecule has 4 heteroatoms. The first-order valence-corrected chi connectivity index (χ1v) is 11.3. The van der Waals surface area contributed by atoms with Crippen LogP contribution >= 0.6 is 23.4 Å². The Bertz CT molecular complexity index is 816. The fourth-order valence-corrected chi connectivity index (χ4v) is 4.96. The lowest BCUT2D eigenvalue weighted by molar-refractivity contribution is -0.890. The molecule has 0 atom stereocenters. The van der Waals surface area contributed by atoms with Crippen LogP contribution in [0, 0.1) is 0 Å². The minimum atomic E-state index is 0. The third-order valence-electron chi connectivity index (χ3n) is 5.33. The van der Waals surface area contributed by atoms with Gasteiger partial charge in [0.25, 0.3) is 0 Å². The molecular weight excluding hydrogens is 450 g/mol. The van der Waals surface area contributed by atoms with Crippen molar-refractivity contribution in [2.75, 3.05) is 27.2 Å². The standard InChI is InChI=1S/C24H31ClNS.BrH/c1-4-5-6-9-16-26(2,3)17-10-12-20-21-11-7-8-13-23(21)27-24-15-14-19(25)18-22(20)24;/h7-8,11-15,18H,4-6,9-10,16-17H2,1-3H3;1H/q+1;/p-1. The number of fused-ring (bicyclic) bond motifs is 2. The van der Waals surface area contributed by atoms with Gasteiger partial charge in [0.05, 0.1) is 27.2 Å². The van der Waals surface area contributed by atoms with Gasteiger partial charge < -0.3 is 21.5 Å². The van der Waals surface area contributed by atoms with E-state index in [0.717, 1.165) is 15.9 Å². The normalized spacial score (nSPS) is 14.4. The van der Waals surface area contributed by atoms with Crippen molar-refractivity contribution in [3.05, 3.63) is 64.7 Å². The van der Waals surface area contributed by atoms with Crippen molar-refractivity contribution < 1.29 is 21.5 Å². The molecule has 0 radical (unpaired) electrons. The van der Waals surface area contributed by atoms with E-state index in [1.807, 2.05) is 17.8 Å². The molecule has 1 heterocycles. The Morgan fingerprint density at radius 2 is 1.68 bits per heavy atom. The highest BCUT2D eigenvalue weighted by atomic mass is 79.9. The second kappa shape index (κ2) is 10.9. The van der Waals surface area contributed by atoms with E-state index < -0.39 is 0 Å². The van der Waals surface area contributed by atoms with Crippen molar-refractivity contribution in [3.63, 3.8) is 0 Å². The van der Waals surface area contributed by atoms with Crippen molar-refractivity contribution in [3.8, 4) is 0 Å². The summed E-state index contributed by atoms with van der Waals surface area (Å²) < 4.78 is 1.09. The smallest absolute Gasteiger partial charge is 0.0817 e. The lowest BCUT2D eigenvalue weighted by Crippen LogP contribution is -3.00. The van der Waals surface area contributed by atoms with Crippen molar-refractivity contribution in [1.29, 1.82) is 0 Å². The quantitative estimate of drug-likeness (QED) is 0.342. The number of benzene rings is 2. The van der Waals surface area contributed by atoms with Crippen LogP contribution in [0.1, 0.15) is 50.2 Å². The van der Waals surface area contributed by atoms with Gasteiger partial charge in [-0.15, -0.1) is 0 Å². The molecule has 1 aliphatic heterocycles. The summed E-state index contributed by atoms with van der Waals surface area (Å²) >= 11 is 8.17. The van der Waals surface area contributed by atoms with Gasteiger partial charge in [-0.2, -0.15) is 0 Å². The van der Waals surface area contributed by atoms with E-state index in [-0.39, 0.29) is 17.0 Å². The van der Waals surface area contributed by atoms with Crippen LogP contribution in [0.15, 0.2) is 58.3 Å². The molecule has 1 nitrogen and oxygen atoms in total. The van der Waals surface area contributed by atoms with E-state index in [2.05, 4.69) is 63.5 Å². The molecule has 0 fully saturated rings. The van der Waals surface area contributed by atoms with E-state index >= 15 is 0 Å². The SMILES string of the molecule is CCCCCC[N+](C)(C)CCC=C1c2ccccc2Sc2ccc(Cl)cc21.[Br-]. The average molecular weight is 481 g/mol. The Kier molecular flexibility index (Phi) is 9.14. The molecule has 0 aromatic heterocycles. The summed E-state index contributed by atoms with van der Waals surface area (Å²) in [6.45, 7) is 4.70. The van der Waals surface area contributed by atoms with Crippen LogP contribution in [0.4, 0.5) is 0 Å². The molecule has 1 aliphatic rings. The van der Waals surface area contributed by atoms with Crippen molar-refractivity contribution in [2.24, 2.45) is 0 Å². The molecule has 2 aromatic carbocycles. The van der Waals surface area contributed by atoms with Crippen LogP contribution in [0.2, 0.25) is 5.02 Å². The van der Waals surface area contributed by atoms with Gasteiger partial charge in [0.1, 0.15) is 0 Å². The minimum Gasteiger partial charge on any atom is -1.00 e. The van der Waals surface area contributed by atoms with Crippen LogP contribution in [0.5, 0.6) is 0 Å². The third-order valence-corrected chi connectivity index (χ3v) is 6.72. The van der Waals surface area contributed by atoms with Crippen LogP contribution in [-0.4, -0.2) is 31.7 Å². The number of unbranched alkanes of at least 4 members (excludes halogenated alkanes) is 3. The first-order chi connectivity index (χ1) is 13.0. The average Bonchev–Trinajstić information content (AvgIpc) is 2.65. The molecule has 28 heavy (non-hydrogen) atoms. The first-order valence-electron chi connectivity index (χ1n) is 10.1.